The second-order valence-electron chi connectivity index (χ2n) is 20.1. The maximum Gasteiger partial charge on any atom is 0.287 e. The highest BCUT2D eigenvalue weighted by Gasteiger charge is 2.45. The molecule has 1 fully saturated rings. The summed E-state index contributed by atoms with van der Waals surface area (Å²) < 4.78 is 14.2. The first-order valence-corrected chi connectivity index (χ1v) is 26.4. The van der Waals surface area contributed by atoms with Crippen molar-refractivity contribution >= 4 is 74.6 Å². The minimum atomic E-state index is -1.07. The Labute approximate surface area is 437 Å². The van der Waals surface area contributed by atoms with Crippen LogP contribution in [0.1, 0.15) is 114 Å². The molecule has 4 amide bonds. The number of furan rings is 1. The number of aryl methyl sites for hydroxylation is 3. The van der Waals surface area contributed by atoms with Crippen molar-refractivity contribution in [3.63, 3.8) is 0 Å². The third-order valence-corrected chi connectivity index (χ3v) is 16.0. The lowest BCUT2D eigenvalue weighted by Crippen LogP contribution is -2.57. The smallest absolute Gasteiger partial charge is 0.287 e. The van der Waals surface area contributed by atoms with E-state index in [1.54, 1.807) is 46.9 Å². The number of carbonyl (C=O) groups is 4. The van der Waals surface area contributed by atoms with Crippen LogP contribution < -0.4 is 20.7 Å². The summed E-state index contributed by atoms with van der Waals surface area (Å²) in [5, 5.41) is 32.8. The van der Waals surface area contributed by atoms with Crippen LogP contribution in [0.25, 0.3) is 26.4 Å². The number of aliphatic hydroxyl groups is 1. The fourth-order valence-electron chi connectivity index (χ4n) is 9.43. The number of hydrogen-bond donors (Lipinski definition) is 4. The van der Waals surface area contributed by atoms with Gasteiger partial charge in [-0.05, 0) is 117 Å². The predicted octanol–water partition coefficient (Wildman–Crippen LogP) is 9.54. The van der Waals surface area contributed by atoms with Gasteiger partial charge in [-0.25, -0.2) is 0 Å². The molecule has 4 N–H and O–H groups in total. The number of aliphatic hydroxyl groups excluding tert-OH is 1. The molecule has 1 saturated heterocycles. The molecular formula is C55H59ClN8O7S2. The second-order valence-corrected chi connectivity index (χ2v) is 22.7. The highest BCUT2D eigenvalue weighted by molar-refractivity contribution is 7.15. The molecule has 6 atom stereocenters. The van der Waals surface area contributed by atoms with Crippen LogP contribution in [-0.2, 0) is 14.4 Å². The Morgan fingerprint density at radius 3 is 2.36 bits per heavy atom. The number of halogens is 1. The quantitative estimate of drug-likeness (QED) is 0.0821. The van der Waals surface area contributed by atoms with Crippen molar-refractivity contribution in [3.05, 3.63) is 139 Å². The Morgan fingerprint density at radius 2 is 1.66 bits per heavy atom. The van der Waals surface area contributed by atoms with Crippen molar-refractivity contribution in [2.75, 3.05) is 13.1 Å². The van der Waals surface area contributed by atoms with Gasteiger partial charge in [0.05, 0.1) is 30.8 Å². The number of aromatic nitrogens is 3. The summed E-state index contributed by atoms with van der Waals surface area (Å²) in [4.78, 5) is 64.7. The predicted molar refractivity (Wildman–Crippen MR) is 285 cm³/mol. The number of nitrogens with one attached hydrogen (secondary N) is 3. The first-order chi connectivity index (χ1) is 34.7. The minimum Gasteiger partial charge on any atom is -0.489 e. The number of nitrogens with zero attached hydrogens (tertiary/aromatic N) is 5. The number of β-amino-alcohol motifs (C(OH)–C–C–N with tert-alkyl or cyclic N) is 1. The highest BCUT2D eigenvalue weighted by atomic mass is 35.5. The van der Waals surface area contributed by atoms with Gasteiger partial charge in [0.25, 0.3) is 5.91 Å². The SMILES string of the molecule is Cc1ccsc1-c1ccc(C(C)NC(=O)[C@@H]2C[C@@H](O)CN2C(=O)[C@@H](NC(=O)c2cc3cc(O[C@@H](C)CNC(=O)CC4N=C(c5ccc(Cl)cc5)c5c(sc(C)c5C)-n5c(C)nnc54)ccc3o2)C(C)(C)C)cc1. The van der Waals surface area contributed by atoms with E-state index in [9.17, 15) is 24.3 Å². The summed E-state index contributed by atoms with van der Waals surface area (Å²) in [6.45, 7) is 17.5. The van der Waals surface area contributed by atoms with E-state index in [-0.39, 0.29) is 49.5 Å². The summed E-state index contributed by atoms with van der Waals surface area (Å²) in [7, 11) is 0. The number of carbonyl (C=O) groups excluding carboxylic acids is 4. The van der Waals surface area contributed by atoms with E-state index in [4.69, 9.17) is 25.7 Å². The van der Waals surface area contributed by atoms with Crippen LogP contribution in [0.3, 0.4) is 0 Å². The van der Waals surface area contributed by atoms with Crippen molar-refractivity contribution in [2.45, 2.75) is 112 Å². The van der Waals surface area contributed by atoms with Gasteiger partial charge in [0.2, 0.25) is 17.7 Å². The van der Waals surface area contributed by atoms with Gasteiger partial charge in [-0.1, -0.05) is 68.8 Å². The lowest BCUT2D eigenvalue weighted by molar-refractivity contribution is -0.142. The Balaban J connectivity index is 0.828. The summed E-state index contributed by atoms with van der Waals surface area (Å²) >= 11 is 9.59. The Hall–Kier alpha value is -6.66. The number of fused-ring (bicyclic) bond motifs is 4. The van der Waals surface area contributed by atoms with Crippen LogP contribution in [0.2, 0.25) is 5.02 Å². The number of benzene rings is 3. The van der Waals surface area contributed by atoms with Crippen LogP contribution in [0.15, 0.2) is 93.7 Å². The molecule has 7 aromatic rings. The average molecular weight is 1040 g/mol. The van der Waals surface area contributed by atoms with Crippen LogP contribution in [0.4, 0.5) is 0 Å². The van der Waals surface area contributed by atoms with Crippen molar-refractivity contribution in [3.8, 4) is 21.2 Å². The molecule has 73 heavy (non-hydrogen) atoms. The molecule has 2 aliphatic heterocycles. The number of amides is 4. The van der Waals surface area contributed by atoms with Crippen molar-refractivity contribution in [1.29, 1.82) is 0 Å². The van der Waals surface area contributed by atoms with E-state index < -0.39 is 47.6 Å². The maximum atomic E-state index is 14.4. The number of hydrogen-bond acceptors (Lipinski definition) is 12. The molecule has 6 heterocycles. The molecule has 0 saturated carbocycles. The average Bonchev–Trinajstić information content (AvgIpc) is 4.19. The molecule has 0 spiro atoms. The molecule has 380 valence electrons. The lowest BCUT2D eigenvalue weighted by Gasteiger charge is -2.35. The summed E-state index contributed by atoms with van der Waals surface area (Å²) in [6.07, 6.45) is -1.29. The molecular weight excluding hydrogens is 984 g/mol. The zero-order valence-electron chi connectivity index (χ0n) is 42.2. The monoisotopic (exact) mass is 1040 g/mol. The van der Waals surface area contributed by atoms with Crippen molar-refractivity contribution < 1.29 is 33.4 Å². The van der Waals surface area contributed by atoms with Crippen LogP contribution in [0.5, 0.6) is 5.75 Å². The molecule has 0 radical (unpaired) electrons. The zero-order chi connectivity index (χ0) is 52.0. The van der Waals surface area contributed by atoms with E-state index in [0.717, 1.165) is 43.4 Å². The van der Waals surface area contributed by atoms with Gasteiger partial charge in [0.15, 0.2) is 11.6 Å². The van der Waals surface area contributed by atoms with Gasteiger partial charge >= 0.3 is 0 Å². The first-order valence-electron chi connectivity index (χ1n) is 24.3. The van der Waals surface area contributed by atoms with Gasteiger partial charge in [0, 0.05) is 44.3 Å². The number of thiophene rings is 2. The summed E-state index contributed by atoms with van der Waals surface area (Å²) in [5.74, 6) is 0.0125. The summed E-state index contributed by atoms with van der Waals surface area (Å²) in [5.41, 5.74) is 6.56. The molecule has 3 aromatic carbocycles. The molecule has 18 heteroatoms. The van der Waals surface area contributed by atoms with Crippen molar-refractivity contribution in [2.24, 2.45) is 10.4 Å². The second kappa shape index (κ2) is 20.7. The van der Waals surface area contributed by atoms with Gasteiger partial charge in [-0.15, -0.1) is 32.9 Å². The molecule has 2 unspecified atom stereocenters. The topological polar surface area (TPSA) is 193 Å². The first kappa shape index (κ1) is 51.2. The van der Waals surface area contributed by atoms with E-state index in [2.05, 4.69) is 58.4 Å². The number of rotatable bonds is 14. The van der Waals surface area contributed by atoms with Crippen LogP contribution >= 0.6 is 34.3 Å². The molecule has 4 aromatic heterocycles. The fraction of sp³-hybridized carbons (Fsp3) is 0.364. The highest BCUT2D eigenvalue weighted by Crippen LogP contribution is 2.40. The third kappa shape index (κ3) is 10.7. The Bertz CT molecular complexity index is 3260. The number of ether oxygens (including phenoxy) is 1. The third-order valence-electron chi connectivity index (χ3n) is 13.5. The molecule has 9 rings (SSSR count). The Morgan fingerprint density at radius 1 is 0.932 bits per heavy atom. The molecule has 0 bridgehead atoms. The van der Waals surface area contributed by atoms with E-state index in [1.807, 2.05) is 94.6 Å². The fourth-order valence-corrected chi connectivity index (χ4v) is 11.7. The molecule has 15 nitrogen and oxygen atoms in total. The van der Waals surface area contributed by atoms with Crippen LogP contribution in [-0.4, -0.2) is 91.5 Å². The van der Waals surface area contributed by atoms with Gasteiger partial charge in [0.1, 0.15) is 46.4 Å². The standard InChI is InChI=1S/C55H59ClN8O7S2/c1-28-20-21-72-48(28)36-12-10-34(11-13-36)31(4)58-51(67)42-24-39(65)27-63(42)53(69)49(55(7,8)9)60-52(68)44-23-37-22-40(18-19-43(37)71-44)70-29(2)26-57-45(66)25-41-50-62-61-33(6)64(50)54-46(30(3)32(5)73-54)47(59-41)35-14-16-38(56)17-15-35/h10-23,29,31,39,41-42,49,65H,24-27H2,1-9H3,(H,57,66)(H,58,67)(H,60,68)/t29-,31?,39+,41?,42-,49+/m0/s1. The van der Waals surface area contributed by atoms with Crippen molar-refractivity contribution in [1.82, 2.24) is 35.6 Å². The lowest BCUT2D eigenvalue weighted by atomic mass is 9.85. The van der Waals surface area contributed by atoms with E-state index in [1.165, 1.54) is 15.3 Å². The zero-order valence-corrected chi connectivity index (χ0v) is 44.6. The minimum absolute atomic E-state index is 0.0177. The number of aliphatic imine (C=N–C) groups is 1. The van der Waals surface area contributed by atoms with Crippen LogP contribution in [0, 0.1) is 33.1 Å². The molecule has 2 aliphatic rings. The van der Waals surface area contributed by atoms with Gasteiger partial charge in [-0.3, -0.25) is 28.7 Å². The maximum absolute atomic E-state index is 14.4. The van der Waals surface area contributed by atoms with E-state index in [0.29, 0.717) is 33.4 Å². The summed E-state index contributed by atoms with van der Waals surface area (Å²) in [6, 6.07) is 21.4. The normalized spacial score (nSPS) is 17.8. The van der Waals surface area contributed by atoms with E-state index >= 15 is 0 Å². The Kier molecular flexibility index (Phi) is 14.5. The van der Waals surface area contributed by atoms with Gasteiger partial charge < -0.3 is 35.1 Å². The molecule has 0 aliphatic carbocycles. The van der Waals surface area contributed by atoms with Gasteiger partial charge in [-0.2, -0.15) is 0 Å². The largest absolute Gasteiger partial charge is 0.489 e. The number of likely N-dealkylation sites (tertiary alicyclic amines) is 1.